The van der Waals surface area contributed by atoms with Crippen LogP contribution in [0.3, 0.4) is 0 Å². The van der Waals surface area contributed by atoms with Crippen molar-refractivity contribution in [3.8, 4) is 0 Å². The fourth-order valence-corrected chi connectivity index (χ4v) is 4.49. The summed E-state index contributed by atoms with van der Waals surface area (Å²) in [6.07, 6.45) is 2.63. The van der Waals surface area contributed by atoms with Crippen LogP contribution < -0.4 is 0 Å². The van der Waals surface area contributed by atoms with E-state index in [-0.39, 0.29) is 35.3 Å². The average Bonchev–Trinajstić information content (AvgIpc) is 3.00. The minimum Gasteiger partial charge on any atom is -0.465 e. The number of esters is 2. The predicted molar refractivity (Wildman–Crippen MR) is 68.1 cm³/mol. The van der Waals surface area contributed by atoms with E-state index in [1.165, 1.54) is 0 Å². The lowest BCUT2D eigenvalue weighted by Gasteiger charge is -2.39. The van der Waals surface area contributed by atoms with Crippen molar-refractivity contribution in [3.05, 3.63) is 12.2 Å². The molecule has 104 valence electrons. The Bertz CT molecular complexity index is 455. The van der Waals surface area contributed by atoms with Gasteiger partial charge in [0.15, 0.2) is 0 Å². The van der Waals surface area contributed by atoms with Gasteiger partial charge in [-0.25, -0.2) is 4.79 Å². The van der Waals surface area contributed by atoms with Crippen LogP contribution in [0.1, 0.15) is 33.1 Å². The van der Waals surface area contributed by atoms with Crippen molar-refractivity contribution >= 4 is 11.9 Å². The van der Waals surface area contributed by atoms with Gasteiger partial charge in [0.2, 0.25) is 0 Å². The van der Waals surface area contributed by atoms with Crippen LogP contribution in [-0.4, -0.2) is 24.6 Å². The minimum absolute atomic E-state index is 0.0414. The molecule has 3 aliphatic rings. The molecule has 0 aromatic rings. The van der Waals surface area contributed by atoms with Crippen molar-refractivity contribution in [1.82, 2.24) is 0 Å². The molecule has 3 fully saturated rings. The Balaban J connectivity index is 1.85. The van der Waals surface area contributed by atoms with E-state index < -0.39 is 0 Å². The van der Waals surface area contributed by atoms with Crippen LogP contribution in [0.25, 0.3) is 0 Å². The second kappa shape index (κ2) is 4.09. The van der Waals surface area contributed by atoms with Gasteiger partial charge in [-0.1, -0.05) is 13.5 Å². The lowest BCUT2D eigenvalue weighted by Crippen LogP contribution is -2.43. The molecule has 2 bridgehead atoms. The van der Waals surface area contributed by atoms with Crippen LogP contribution in [0.5, 0.6) is 0 Å². The van der Waals surface area contributed by atoms with Gasteiger partial charge in [0.25, 0.3) is 0 Å². The van der Waals surface area contributed by atoms with Gasteiger partial charge in [-0.05, 0) is 32.1 Å². The molecule has 4 nitrogen and oxygen atoms in total. The second-order valence-corrected chi connectivity index (χ2v) is 6.22. The molecule has 4 heteroatoms. The molecule has 1 heterocycles. The second-order valence-electron chi connectivity index (χ2n) is 6.22. The van der Waals surface area contributed by atoms with Crippen LogP contribution in [0.2, 0.25) is 0 Å². The van der Waals surface area contributed by atoms with Gasteiger partial charge in [-0.3, -0.25) is 4.79 Å². The first kappa shape index (κ1) is 12.7. The lowest BCUT2D eigenvalue weighted by molar-refractivity contribution is -0.154. The van der Waals surface area contributed by atoms with Gasteiger partial charge < -0.3 is 9.47 Å². The molecule has 19 heavy (non-hydrogen) atoms. The number of cyclic esters (lactones) is 1. The molecule has 5 atom stereocenters. The van der Waals surface area contributed by atoms with Crippen LogP contribution in [0.15, 0.2) is 12.2 Å². The topological polar surface area (TPSA) is 52.6 Å². The Morgan fingerprint density at radius 1 is 1.58 bits per heavy atom. The number of hydrogen-bond acceptors (Lipinski definition) is 4. The summed E-state index contributed by atoms with van der Waals surface area (Å²) < 4.78 is 10.9. The average molecular weight is 264 g/mol. The molecule has 1 saturated heterocycles. The van der Waals surface area contributed by atoms with Gasteiger partial charge in [-0.2, -0.15) is 0 Å². The van der Waals surface area contributed by atoms with E-state index >= 15 is 0 Å². The smallest absolute Gasteiger partial charge is 0.333 e. The van der Waals surface area contributed by atoms with E-state index in [1.54, 1.807) is 6.92 Å². The summed E-state index contributed by atoms with van der Waals surface area (Å²) >= 11 is 0. The van der Waals surface area contributed by atoms with E-state index in [1.807, 2.05) is 0 Å². The zero-order chi connectivity index (χ0) is 13.8. The number of carbonyl (C=O) groups excluding carboxylic acids is 2. The van der Waals surface area contributed by atoms with Gasteiger partial charge in [0, 0.05) is 16.9 Å². The van der Waals surface area contributed by atoms with Gasteiger partial charge in [-0.15, -0.1) is 0 Å². The molecule has 0 spiro atoms. The van der Waals surface area contributed by atoms with Gasteiger partial charge in [0.05, 0.1) is 12.5 Å². The van der Waals surface area contributed by atoms with E-state index in [2.05, 4.69) is 13.5 Å². The van der Waals surface area contributed by atoms with E-state index in [4.69, 9.17) is 9.47 Å². The Morgan fingerprint density at radius 2 is 2.32 bits per heavy atom. The molecule has 3 rings (SSSR count). The van der Waals surface area contributed by atoms with Crippen molar-refractivity contribution < 1.29 is 19.1 Å². The molecule has 0 radical (unpaired) electrons. The Kier molecular flexibility index (Phi) is 2.73. The van der Waals surface area contributed by atoms with Gasteiger partial charge >= 0.3 is 11.9 Å². The molecule has 2 saturated carbocycles. The normalized spacial score (nSPS) is 42.9. The molecule has 0 aromatic heterocycles. The highest BCUT2D eigenvalue weighted by Crippen LogP contribution is 2.65. The van der Waals surface area contributed by atoms with Crippen molar-refractivity contribution in [2.45, 2.75) is 39.2 Å². The van der Waals surface area contributed by atoms with Crippen molar-refractivity contribution in [3.63, 3.8) is 0 Å². The van der Waals surface area contributed by atoms with E-state index in [9.17, 15) is 9.59 Å². The highest BCUT2D eigenvalue weighted by atomic mass is 16.6. The third-order valence-corrected chi connectivity index (χ3v) is 5.41. The predicted octanol–water partition coefficient (Wildman–Crippen LogP) is 2.08. The Labute approximate surface area is 113 Å². The third kappa shape index (κ3) is 1.58. The number of fused-ring (bicyclic) bond motifs is 5. The van der Waals surface area contributed by atoms with Crippen LogP contribution in [-0.2, 0) is 19.1 Å². The summed E-state index contributed by atoms with van der Waals surface area (Å²) in [4.78, 5) is 23.6. The van der Waals surface area contributed by atoms with Crippen molar-refractivity contribution in [1.29, 1.82) is 0 Å². The third-order valence-electron chi connectivity index (χ3n) is 5.41. The molecular weight excluding hydrogens is 244 g/mol. The summed E-state index contributed by atoms with van der Waals surface area (Å²) in [7, 11) is 0. The highest BCUT2D eigenvalue weighted by Gasteiger charge is 2.67. The number of rotatable bonds is 3. The van der Waals surface area contributed by atoms with Crippen molar-refractivity contribution in [2.75, 3.05) is 6.61 Å². The number of hydrogen-bond donors (Lipinski definition) is 0. The summed E-state index contributed by atoms with van der Waals surface area (Å²) in [5.74, 6) is 0.233. The maximum Gasteiger partial charge on any atom is 0.333 e. The standard InChI is InChI=1S/C15H20O4/c1-4-15-6-9(12-10(15)7-18-14(12)17)5-11(15)19-13(16)8(2)3/h9-12H,2,4-7H2,1,3H3. The van der Waals surface area contributed by atoms with E-state index in [0.29, 0.717) is 18.1 Å². The lowest BCUT2D eigenvalue weighted by atomic mass is 9.68. The van der Waals surface area contributed by atoms with Crippen LogP contribution in [0.4, 0.5) is 0 Å². The molecule has 2 aliphatic carbocycles. The summed E-state index contributed by atoms with van der Waals surface area (Å²) in [6.45, 7) is 7.91. The quantitative estimate of drug-likeness (QED) is 0.578. The summed E-state index contributed by atoms with van der Waals surface area (Å²) in [5, 5.41) is 0. The van der Waals surface area contributed by atoms with Gasteiger partial charge in [0.1, 0.15) is 6.10 Å². The molecule has 0 N–H and O–H groups in total. The largest absolute Gasteiger partial charge is 0.465 e. The first-order valence-electron chi connectivity index (χ1n) is 7.02. The molecule has 0 amide bonds. The fraction of sp³-hybridized carbons (Fsp3) is 0.733. The zero-order valence-electron chi connectivity index (χ0n) is 11.5. The molecule has 0 aromatic carbocycles. The maximum absolute atomic E-state index is 11.8. The molecular formula is C15H20O4. The Morgan fingerprint density at radius 3 is 2.95 bits per heavy atom. The molecule has 1 aliphatic heterocycles. The van der Waals surface area contributed by atoms with Crippen LogP contribution in [0, 0.1) is 23.2 Å². The first-order chi connectivity index (χ1) is 8.99. The van der Waals surface area contributed by atoms with Crippen molar-refractivity contribution in [2.24, 2.45) is 23.2 Å². The highest BCUT2D eigenvalue weighted by molar-refractivity contribution is 5.87. The summed E-state index contributed by atoms with van der Waals surface area (Å²) in [5.41, 5.74) is 0.372. The maximum atomic E-state index is 11.8. The zero-order valence-corrected chi connectivity index (χ0v) is 11.5. The fourth-order valence-electron chi connectivity index (χ4n) is 4.49. The SMILES string of the molecule is C=C(C)C(=O)OC1CC2CC1(CC)C1COC(=O)C21. The number of ether oxygens (including phenoxy) is 2. The molecule has 5 unspecified atom stereocenters. The monoisotopic (exact) mass is 264 g/mol. The minimum atomic E-state index is -0.313. The Hall–Kier alpha value is -1.32. The van der Waals surface area contributed by atoms with Crippen LogP contribution >= 0.6 is 0 Å². The number of carbonyl (C=O) groups is 2. The first-order valence-corrected chi connectivity index (χ1v) is 7.02. The van der Waals surface area contributed by atoms with E-state index in [0.717, 1.165) is 19.3 Å². The summed E-state index contributed by atoms with van der Waals surface area (Å²) in [6, 6.07) is 0.